The van der Waals surface area contributed by atoms with Crippen LogP contribution in [0.2, 0.25) is 0 Å². The molecule has 0 radical (unpaired) electrons. The Morgan fingerprint density at radius 1 is 1.38 bits per heavy atom. The minimum atomic E-state index is -0.429. The lowest BCUT2D eigenvalue weighted by Crippen LogP contribution is -2.49. The van der Waals surface area contributed by atoms with Crippen LogP contribution in [0, 0.1) is 5.92 Å². The minimum Gasteiger partial charge on any atom is -0.389 e. The number of fused-ring (bicyclic) bond motifs is 4. The van der Waals surface area contributed by atoms with E-state index in [1.165, 1.54) is 0 Å². The summed E-state index contributed by atoms with van der Waals surface area (Å²) < 4.78 is 7.22. The molecule has 21 heavy (non-hydrogen) atoms. The van der Waals surface area contributed by atoms with E-state index in [-0.39, 0.29) is 5.56 Å². The summed E-state index contributed by atoms with van der Waals surface area (Å²) in [6.07, 6.45) is 0.725. The SMILES string of the molecule is CCOC[C@@H](O)CN1C[C@@H]2C[C@H](C1)c1cccc(=O)n1C2. The van der Waals surface area contributed by atoms with E-state index in [9.17, 15) is 9.90 Å². The van der Waals surface area contributed by atoms with Crippen LogP contribution in [-0.4, -0.2) is 53.5 Å². The first-order valence-corrected chi connectivity index (χ1v) is 7.85. The number of piperidine rings is 1. The molecule has 1 aromatic heterocycles. The van der Waals surface area contributed by atoms with Crippen LogP contribution in [0.15, 0.2) is 23.0 Å². The summed E-state index contributed by atoms with van der Waals surface area (Å²) >= 11 is 0. The Bertz CT molecular complexity index is 543. The normalized spacial score (nSPS) is 26.4. The lowest BCUT2D eigenvalue weighted by Gasteiger charge is -2.43. The van der Waals surface area contributed by atoms with Gasteiger partial charge in [0.25, 0.3) is 5.56 Å². The minimum absolute atomic E-state index is 0.118. The Balaban J connectivity index is 1.69. The van der Waals surface area contributed by atoms with Crippen molar-refractivity contribution in [1.29, 1.82) is 0 Å². The molecule has 2 bridgehead atoms. The predicted octanol–water partition coefficient (Wildman–Crippen LogP) is 0.665. The van der Waals surface area contributed by atoms with E-state index in [4.69, 9.17) is 4.74 Å². The average Bonchev–Trinajstić information content (AvgIpc) is 2.46. The Morgan fingerprint density at radius 3 is 3.05 bits per heavy atom. The fourth-order valence-electron chi connectivity index (χ4n) is 3.75. The molecule has 0 aromatic carbocycles. The highest BCUT2D eigenvalue weighted by Gasteiger charge is 2.34. The molecule has 0 amide bonds. The van der Waals surface area contributed by atoms with E-state index in [0.717, 1.165) is 31.7 Å². The van der Waals surface area contributed by atoms with Gasteiger partial charge in [0.2, 0.25) is 0 Å². The van der Waals surface area contributed by atoms with Crippen molar-refractivity contribution in [2.45, 2.75) is 31.9 Å². The number of hydrogen-bond acceptors (Lipinski definition) is 4. The second kappa shape index (κ2) is 6.30. The van der Waals surface area contributed by atoms with Crippen LogP contribution in [0.1, 0.15) is 25.0 Å². The number of likely N-dealkylation sites (tertiary alicyclic amines) is 1. The van der Waals surface area contributed by atoms with Gasteiger partial charge in [-0.05, 0) is 25.3 Å². The molecule has 1 aromatic rings. The molecule has 0 saturated carbocycles. The number of rotatable bonds is 5. The summed E-state index contributed by atoms with van der Waals surface area (Å²) in [4.78, 5) is 14.3. The second-order valence-corrected chi connectivity index (χ2v) is 6.23. The van der Waals surface area contributed by atoms with Gasteiger partial charge in [0, 0.05) is 50.5 Å². The number of aliphatic hydroxyl groups is 1. The highest BCUT2D eigenvalue weighted by Crippen LogP contribution is 2.34. The van der Waals surface area contributed by atoms with Gasteiger partial charge in [-0.15, -0.1) is 0 Å². The predicted molar refractivity (Wildman–Crippen MR) is 80.5 cm³/mol. The van der Waals surface area contributed by atoms with Crippen molar-refractivity contribution in [2.24, 2.45) is 5.92 Å². The first kappa shape index (κ1) is 14.8. The molecule has 1 saturated heterocycles. The van der Waals surface area contributed by atoms with E-state index < -0.39 is 6.10 Å². The fraction of sp³-hybridized carbons (Fsp3) is 0.688. The van der Waals surface area contributed by atoms with Gasteiger partial charge in [0.05, 0.1) is 12.7 Å². The topological polar surface area (TPSA) is 54.7 Å². The van der Waals surface area contributed by atoms with Crippen molar-refractivity contribution in [3.05, 3.63) is 34.2 Å². The molecular weight excluding hydrogens is 268 g/mol. The molecule has 3 heterocycles. The van der Waals surface area contributed by atoms with Crippen molar-refractivity contribution in [3.8, 4) is 0 Å². The van der Waals surface area contributed by atoms with Crippen molar-refractivity contribution < 1.29 is 9.84 Å². The van der Waals surface area contributed by atoms with E-state index in [1.807, 2.05) is 17.6 Å². The van der Waals surface area contributed by atoms with Gasteiger partial charge in [0.15, 0.2) is 0 Å². The van der Waals surface area contributed by atoms with Crippen LogP contribution in [0.4, 0.5) is 0 Å². The Labute approximate surface area is 125 Å². The maximum absolute atomic E-state index is 12.0. The molecule has 5 nitrogen and oxygen atoms in total. The number of β-amino-alcohol motifs (C(OH)–C–C–N with tert-alkyl or cyclic N) is 1. The van der Waals surface area contributed by atoms with Gasteiger partial charge in [-0.25, -0.2) is 0 Å². The summed E-state index contributed by atoms with van der Waals surface area (Å²) in [5, 5.41) is 10.0. The third-order valence-electron chi connectivity index (χ3n) is 4.54. The van der Waals surface area contributed by atoms with Crippen LogP contribution in [0.3, 0.4) is 0 Å². The first-order chi connectivity index (χ1) is 10.2. The quantitative estimate of drug-likeness (QED) is 0.866. The maximum Gasteiger partial charge on any atom is 0.250 e. The van der Waals surface area contributed by atoms with Crippen molar-refractivity contribution >= 4 is 0 Å². The standard InChI is InChI=1S/C16H24N2O3/c1-2-21-11-14(19)10-17-7-12-6-13(9-17)15-4-3-5-16(20)18(15)8-12/h3-5,12-14,19H,2,6-11H2,1H3/t12-,13+,14-/m0/s1. The van der Waals surface area contributed by atoms with Gasteiger partial charge in [0.1, 0.15) is 0 Å². The summed E-state index contributed by atoms with van der Waals surface area (Å²) in [5.74, 6) is 0.918. The van der Waals surface area contributed by atoms with Gasteiger partial charge in [-0.2, -0.15) is 0 Å². The number of pyridine rings is 1. The molecule has 1 N–H and O–H groups in total. The summed E-state index contributed by atoms with van der Waals surface area (Å²) in [7, 11) is 0. The Hall–Kier alpha value is -1.17. The zero-order chi connectivity index (χ0) is 14.8. The zero-order valence-corrected chi connectivity index (χ0v) is 12.6. The average molecular weight is 292 g/mol. The molecule has 5 heteroatoms. The van der Waals surface area contributed by atoms with E-state index in [2.05, 4.69) is 11.0 Å². The largest absolute Gasteiger partial charge is 0.389 e. The highest BCUT2D eigenvalue weighted by atomic mass is 16.5. The monoisotopic (exact) mass is 292 g/mol. The maximum atomic E-state index is 12.0. The Morgan fingerprint density at radius 2 is 2.24 bits per heavy atom. The second-order valence-electron chi connectivity index (χ2n) is 6.23. The molecule has 3 atom stereocenters. The zero-order valence-electron chi connectivity index (χ0n) is 12.6. The highest BCUT2D eigenvalue weighted by molar-refractivity contribution is 5.16. The van der Waals surface area contributed by atoms with Crippen molar-refractivity contribution in [3.63, 3.8) is 0 Å². The molecular formula is C16H24N2O3. The molecule has 0 unspecified atom stereocenters. The third-order valence-corrected chi connectivity index (χ3v) is 4.54. The van der Waals surface area contributed by atoms with E-state index >= 15 is 0 Å². The number of ether oxygens (including phenoxy) is 1. The van der Waals surface area contributed by atoms with Crippen molar-refractivity contribution in [2.75, 3.05) is 32.8 Å². The van der Waals surface area contributed by atoms with Gasteiger partial charge < -0.3 is 14.4 Å². The van der Waals surface area contributed by atoms with E-state index in [0.29, 0.717) is 31.6 Å². The smallest absolute Gasteiger partial charge is 0.250 e. The molecule has 3 rings (SSSR count). The summed E-state index contributed by atoms with van der Waals surface area (Å²) in [6.45, 7) is 6.32. The lowest BCUT2D eigenvalue weighted by atomic mass is 9.83. The van der Waals surface area contributed by atoms with Gasteiger partial charge in [-0.1, -0.05) is 6.07 Å². The molecule has 0 spiro atoms. The van der Waals surface area contributed by atoms with Crippen LogP contribution in [0.25, 0.3) is 0 Å². The summed E-state index contributed by atoms with van der Waals surface area (Å²) in [6, 6.07) is 5.58. The molecule has 116 valence electrons. The van der Waals surface area contributed by atoms with E-state index in [1.54, 1.807) is 6.07 Å². The molecule has 2 aliphatic rings. The number of aromatic nitrogens is 1. The van der Waals surface area contributed by atoms with Crippen molar-refractivity contribution in [1.82, 2.24) is 9.47 Å². The molecule has 1 fully saturated rings. The number of aliphatic hydroxyl groups excluding tert-OH is 1. The van der Waals surface area contributed by atoms with Crippen LogP contribution in [-0.2, 0) is 11.3 Å². The number of hydrogen-bond donors (Lipinski definition) is 1. The third kappa shape index (κ3) is 3.20. The van der Waals surface area contributed by atoms with Crippen LogP contribution < -0.4 is 5.56 Å². The van der Waals surface area contributed by atoms with Crippen LogP contribution in [0.5, 0.6) is 0 Å². The Kier molecular flexibility index (Phi) is 4.42. The fourth-order valence-corrected chi connectivity index (χ4v) is 3.75. The molecule has 2 aliphatic heterocycles. The van der Waals surface area contributed by atoms with Gasteiger partial charge in [-0.3, -0.25) is 9.69 Å². The van der Waals surface area contributed by atoms with Crippen LogP contribution >= 0.6 is 0 Å². The number of nitrogens with zero attached hydrogens (tertiary/aromatic N) is 2. The van der Waals surface area contributed by atoms with Gasteiger partial charge >= 0.3 is 0 Å². The first-order valence-electron chi connectivity index (χ1n) is 7.85. The lowest BCUT2D eigenvalue weighted by molar-refractivity contribution is 0.00625. The summed E-state index contributed by atoms with van der Waals surface area (Å²) in [5.41, 5.74) is 1.27. The molecule has 0 aliphatic carbocycles.